The smallest absolute Gasteiger partial charge is 0.425 e. The molecule has 4 rings (SSSR count). The molecule has 0 radical (unpaired) electrons. The third-order valence-electron chi connectivity index (χ3n) is 5.32. The Labute approximate surface area is 213 Å². The van der Waals surface area contributed by atoms with Crippen LogP contribution in [0.2, 0.25) is 0 Å². The highest BCUT2D eigenvalue weighted by molar-refractivity contribution is 14.2. The average molecular weight is 612 g/mol. The second-order valence-corrected chi connectivity index (χ2v) is 9.79. The molecule has 12 heteroatoms. The van der Waals surface area contributed by atoms with Gasteiger partial charge in [0.1, 0.15) is 11.5 Å². The number of hydrogen-bond donors (Lipinski definition) is 1. The number of alkyl halides is 3. The first-order valence-electron chi connectivity index (χ1n) is 10.8. The largest absolute Gasteiger partial charge is 0.445 e. The van der Waals surface area contributed by atoms with Gasteiger partial charge in [0.2, 0.25) is 0 Å². The number of benzene rings is 2. The first kappa shape index (κ1) is 25.7. The quantitative estimate of drug-likeness (QED) is 0.218. The molecule has 0 unspecified atom stereocenters. The summed E-state index contributed by atoms with van der Waals surface area (Å²) < 4.78 is 41.9. The van der Waals surface area contributed by atoms with Crippen LogP contribution in [0.15, 0.2) is 64.2 Å². The number of fused-ring (bicyclic) bond motifs is 1. The second-order valence-electron chi connectivity index (χ2n) is 7.77. The van der Waals surface area contributed by atoms with Crippen molar-refractivity contribution in [1.82, 2.24) is 18.7 Å². The predicted octanol–water partition coefficient (Wildman–Crippen LogP) is 3.45. The van der Waals surface area contributed by atoms with Gasteiger partial charge >= 0.3 is 15.8 Å². The molecule has 190 valence electrons. The van der Waals surface area contributed by atoms with Crippen molar-refractivity contribution in [3.05, 3.63) is 81.0 Å². The van der Waals surface area contributed by atoms with Crippen LogP contribution in [0.3, 0.4) is 0 Å². The topological polar surface area (TPSA) is 101 Å². The summed E-state index contributed by atoms with van der Waals surface area (Å²) >= 11 is -1.74. The third-order valence-corrected chi connectivity index (χ3v) is 6.43. The lowest BCUT2D eigenvalue weighted by Gasteiger charge is -2.14. The summed E-state index contributed by atoms with van der Waals surface area (Å²) in [6.45, 7) is 0.0479. The minimum atomic E-state index is -3.34. The van der Waals surface area contributed by atoms with Crippen molar-refractivity contribution >= 4 is 36.4 Å². The van der Waals surface area contributed by atoms with Crippen LogP contribution in [-0.2, 0) is 20.1 Å². The zero-order valence-corrected chi connectivity index (χ0v) is 21.4. The van der Waals surface area contributed by atoms with Crippen LogP contribution < -0.4 is 20.7 Å². The monoisotopic (exact) mass is 612 g/mol. The van der Waals surface area contributed by atoms with E-state index in [1.807, 2.05) is 30.3 Å². The molecule has 0 atom stereocenters. The molecule has 0 saturated carbocycles. The average Bonchev–Trinajstić information content (AvgIpc) is 3.21. The molecule has 0 bridgehead atoms. The molecule has 9 nitrogen and oxygen atoms in total. The third kappa shape index (κ3) is 5.38. The zero-order chi connectivity index (χ0) is 25.9. The van der Waals surface area contributed by atoms with E-state index in [1.165, 1.54) is 40.4 Å². The molecule has 0 amide bonds. The summed E-state index contributed by atoms with van der Waals surface area (Å²) in [4.78, 5) is 30.6. The number of imidazole rings is 1. The molecule has 4 aromatic rings. The number of hydrogen-bond acceptors (Lipinski definition) is 6. The normalized spacial score (nSPS) is 11.7. The Morgan fingerprint density at radius 3 is 2.50 bits per heavy atom. The maximum atomic E-state index is 13.7. The van der Waals surface area contributed by atoms with Crippen molar-refractivity contribution < 1.29 is 23.4 Å². The Bertz CT molecular complexity index is 1510. The Morgan fingerprint density at radius 1 is 1.08 bits per heavy atom. The lowest BCUT2D eigenvalue weighted by Crippen LogP contribution is -2.39. The number of ether oxygens (including phenoxy) is 2. The highest BCUT2D eigenvalue weighted by Gasteiger charge is 2.28. The van der Waals surface area contributed by atoms with E-state index in [0.717, 1.165) is 10.1 Å². The maximum absolute atomic E-state index is 13.7. The summed E-state index contributed by atoms with van der Waals surface area (Å²) in [6, 6.07) is 14.9. The predicted molar refractivity (Wildman–Crippen MR) is 140 cm³/mol. The van der Waals surface area contributed by atoms with Crippen LogP contribution in [0.1, 0.15) is 12.0 Å². The SMILES string of the molecule is C=IC(F)(F)Oc1cccc(Oc2nc3c(c(=O)n(CCCO)c(=O)n3C)n2Cc2ccccc2)c1. The molecule has 1 N–H and O–H groups in total. The lowest BCUT2D eigenvalue weighted by molar-refractivity contribution is -0.0693. The van der Waals surface area contributed by atoms with Crippen molar-refractivity contribution in [1.29, 1.82) is 0 Å². The van der Waals surface area contributed by atoms with Gasteiger partial charge < -0.3 is 14.6 Å². The standard InChI is InChI=1S/C24H23F2IN4O5/c1-27-24(25,26)36-18-11-6-10-17(14-18)35-22-28-20-19(31(22)15-16-8-4-3-5-9-16)21(33)30(12-7-13-32)23(34)29(20)2/h3-6,8-11,14,32H,1,7,12-13,15H2,2H3. The molecule has 0 fully saturated rings. The molecule has 0 saturated heterocycles. The van der Waals surface area contributed by atoms with Crippen LogP contribution in [0.25, 0.3) is 11.2 Å². The Kier molecular flexibility index (Phi) is 7.64. The van der Waals surface area contributed by atoms with Crippen LogP contribution >= 0.6 is 20.7 Å². The van der Waals surface area contributed by atoms with E-state index in [1.54, 1.807) is 0 Å². The number of halogens is 3. The summed E-state index contributed by atoms with van der Waals surface area (Å²) in [7, 11) is 1.49. The van der Waals surface area contributed by atoms with E-state index in [0.29, 0.717) is 0 Å². The van der Waals surface area contributed by atoms with E-state index in [-0.39, 0.29) is 54.8 Å². The van der Waals surface area contributed by atoms with Gasteiger partial charge in [-0.2, -0.15) is 13.8 Å². The number of rotatable bonds is 10. The van der Waals surface area contributed by atoms with Gasteiger partial charge in [0.05, 0.1) is 6.54 Å². The van der Waals surface area contributed by atoms with E-state index in [2.05, 4.69) is 9.50 Å². The van der Waals surface area contributed by atoms with Gasteiger partial charge in [-0.15, -0.1) is 0 Å². The highest BCUT2D eigenvalue weighted by Crippen LogP contribution is 2.33. The van der Waals surface area contributed by atoms with Crippen LogP contribution in [0.5, 0.6) is 17.5 Å². The Hall–Kier alpha value is -3.39. The number of nitrogens with zero attached hydrogens (tertiary/aromatic N) is 4. The first-order valence-corrected chi connectivity index (χ1v) is 13.4. The first-order chi connectivity index (χ1) is 17.2. The van der Waals surface area contributed by atoms with Gasteiger partial charge in [0.15, 0.2) is 11.2 Å². The molecule has 2 heterocycles. The van der Waals surface area contributed by atoms with E-state index in [9.17, 15) is 23.5 Å². The molecule has 0 spiro atoms. The van der Waals surface area contributed by atoms with E-state index in [4.69, 9.17) is 9.47 Å². The van der Waals surface area contributed by atoms with E-state index < -0.39 is 36.1 Å². The van der Waals surface area contributed by atoms with Crippen molar-refractivity contribution in [3.8, 4) is 17.5 Å². The van der Waals surface area contributed by atoms with Gasteiger partial charge in [-0.05, 0) is 24.1 Å². The Morgan fingerprint density at radius 2 is 1.81 bits per heavy atom. The molecule has 2 aromatic carbocycles. The summed E-state index contributed by atoms with van der Waals surface area (Å²) in [6.07, 6.45) is 0.226. The summed E-state index contributed by atoms with van der Waals surface area (Å²) in [5, 5.41) is 9.20. The molecule has 0 aliphatic heterocycles. The highest BCUT2D eigenvalue weighted by atomic mass is 127. The lowest BCUT2D eigenvalue weighted by atomic mass is 10.2. The minimum absolute atomic E-state index is 0.00523. The molecule has 36 heavy (non-hydrogen) atoms. The van der Waals surface area contributed by atoms with Gasteiger partial charge in [-0.25, -0.2) is 4.79 Å². The fraction of sp³-hybridized carbons (Fsp3) is 0.250. The second kappa shape index (κ2) is 10.7. The van der Waals surface area contributed by atoms with Gasteiger partial charge in [0, 0.05) is 47.0 Å². The fourth-order valence-electron chi connectivity index (χ4n) is 3.64. The minimum Gasteiger partial charge on any atom is -0.425 e. The zero-order valence-electron chi connectivity index (χ0n) is 19.2. The van der Waals surface area contributed by atoms with Crippen LogP contribution in [0.4, 0.5) is 8.78 Å². The molecule has 0 aliphatic carbocycles. The maximum Gasteiger partial charge on any atom is 0.445 e. The summed E-state index contributed by atoms with van der Waals surface area (Å²) in [5.41, 5.74) is -0.0682. The van der Waals surface area contributed by atoms with Gasteiger partial charge in [-0.3, -0.25) is 18.5 Å². The number of aliphatic hydroxyl groups excluding tert-OH is 1. The molecule has 2 aromatic heterocycles. The van der Waals surface area contributed by atoms with Gasteiger partial charge in [0.25, 0.3) is 5.56 Å². The van der Waals surface area contributed by atoms with Crippen LogP contribution in [-0.4, -0.2) is 39.0 Å². The summed E-state index contributed by atoms with van der Waals surface area (Å²) in [5.74, 6) is 0.0473. The van der Waals surface area contributed by atoms with Crippen molar-refractivity contribution in [3.63, 3.8) is 0 Å². The molecular weight excluding hydrogens is 589 g/mol. The van der Waals surface area contributed by atoms with Crippen molar-refractivity contribution in [2.75, 3.05) is 6.61 Å². The number of aryl methyl sites for hydroxylation is 1. The molecular formula is C24H23F2IN4O5. The number of aromatic nitrogens is 4. The fourth-order valence-corrected chi connectivity index (χ4v) is 4.05. The van der Waals surface area contributed by atoms with Crippen molar-refractivity contribution in [2.45, 2.75) is 23.6 Å². The van der Waals surface area contributed by atoms with E-state index >= 15 is 0 Å². The van der Waals surface area contributed by atoms with Crippen molar-refractivity contribution in [2.24, 2.45) is 7.05 Å². The molecule has 0 aliphatic rings. The number of aliphatic hydroxyl groups is 1. The Balaban J connectivity index is 1.85. The van der Waals surface area contributed by atoms with Gasteiger partial charge in [-0.1, -0.05) is 40.9 Å². The van der Waals surface area contributed by atoms with Crippen LogP contribution in [0, 0.1) is 0 Å².